The maximum Gasteiger partial charge on any atom is 0.253 e. The highest BCUT2D eigenvalue weighted by Crippen LogP contribution is 2.26. The number of aryl methyl sites for hydroxylation is 1. The van der Waals surface area contributed by atoms with Crippen LogP contribution < -0.4 is 9.80 Å². The summed E-state index contributed by atoms with van der Waals surface area (Å²) in [4.78, 5) is 30.2. The van der Waals surface area contributed by atoms with Crippen molar-refractivity contribution in [2.45, 2.75) is 19.8 Å². The van der Waals surface area contributed by atoms with E-state index in [4.69, 9.17) is 4.98 Å². The highest BCUT2D eigenvalue weighted by atomic mass is 32.1. The van der Waals surface area contributed by atoms with Gasteiger partial charge in [-0.3, -0.25) is 4.79 Å². The Hall–Kier alpha value is -2.93. The van der Waals surface area contributed by atoms with Gasteiger partial charge in [-0.15, -0.1) is 11.3 Å². The molecule has 160 valence electrons. The summed E-state index contributed by atoms with van der Waals surface area (Å²) in [6, 6.07) is 14.2. The van der Waals surface area contributed by atoms with Crippen molar-refractivity contribution in [1.82, 2.24) is 14.9 Å². The Bertz CT molecular complexity index is 1040. The van der Waals surface area contributed by atoms with Gasteiger partial charge in [0.15, 0.2) is 0 Å². The average molecular weight is 434 g/mol. The van der Waals surface area contributed by atoms with Gasteiger partial charge in [0.2, 0.25) is 5.95 Å². The normalized spacial score (nSPS) is 16.7. The molecule has 0 saturated carbocycles. The Labute approximate surface area is 187 Å². The standard InChI is InChI=1S/C24H27N5OS/c1-18-17-22(27-10-2-3-11-27)26-24(25-18)29-14-12-28(13-15-29)23(30)20-8-6-19(7-9-20)21-5-4-16-31-21/h4-9,16-17H,2-3,10-15H2,1H3. The van der Waals surface area contributed by atoms with Crippen molar-refractivity contribution in [2.24, 2.45) is 0 Å². The molecule has 1 aromatic carbocycles. The lowest BCUT2D eigenvalue weighted by Crippen LogP contribution is -2.49. The largest absolute Gasteiger partial charge is 0.356 e. The summed E-state index contributed by atoms with van der Waals surface area (Å²) in [5.74, 6) is 1.92. The molecule has 0 radical (unpaired) electrons. The smallest absolute Gasteiger partial charge is 0.253 e. The van der Waals surface area contributed by atoms with Gasteiger partial charge < -0.3 is 14.7 Å². The highest BCUT2D eigenvalue weighted by molar-refractivity contribution is 7.13. The molecule has 31 heavy (non-hydrogen) atoms. The molecule has 5 rings (SSSR count). The molecule has 0 spiro atoms. The first-order valence-corrected chi connectivity index (χ1v) is 11.8. The van der Waals surface area contributed by atoms with Gasteiger partial charge in [0, 0.05) is 61.5 Å². The Morgan fingerprint density at radius 2 is 1.65 bits per heavy atom. The number of hydrogen-bond donors (Lipinski definition) is 0. The van der Waals surface area contributed by atoms with Crippen LogP contribution in [0.15, 0.2) is 47.8 Å². The zero-order valence-corrected chi connectivity index (χ0v) is 18.6. The van der Waals surface area contributed by atoms with Crippen molar-refractivity contribution in [2.75, 3.05) is 49.1 Å². The minimum Gasteiger partial charge on any atom is -0.356 e. The van der Waals surface area contributed by atoms with Gasteiger partial charge in [0.05, 0.1) is 0 Å². The lowest BCUT2D eigenvalue weighted by Gasteiger charge is -2.35. The van der Waals surface area contributed by atoms with E-state index in [2.05, 4.69) is 32.3 Å². The lowest BCUT2D eigenvalue weighted by atomic mass is 10.1. The van der Waals surface area contributed by atoms with E-state index >= 15 is 0 Å². The van der Waals surface area contributed by atoms with Crippen molar-refractivity contribution in [3.05, 3.63) is 59.1 Å². The molecule has 0 N–H and O–H groups in total. The van der Waals surface area contributed by atoms with Gasteiger partial charge in [-0.25, -0.2) is 4.98 Å². The Balaban J connectivity index is 1.23. The molecule has 4 heterocycles. The molecule has 2 fully saturated rings. The Morgan fingerprint density at radius 3 is 2.32 bits per heavy atom. The van der Waals surface area contributed by atoms with E-state index in [-0.39, 0.29) is 5.91 Å². The van der Waals surface area contributed by atoms with Crippen LogP contribution in [0.5, 0.6) is 0 Å². The molecule has 0 atom stereocenters. The summed E-state index contributed by atoms with van der Waals surface area (Å²) >= 11 is 1.71. The van der Waals surface area contributed by atoms with Gasteiger partial charge in [-0.2, -0.15) is 4.98 Å². The monoisotopic (exact) mass is 433 g/mol. The Morgan fingerprint density at radius 1 is 0.903 bits per heavy atom. The SMILES string of the molecule is Cc1cc(N2CCCC2)nc(N2CCN(C(=O)c3ccc(-c4cccs4)cc3)CC2)n1. The van der Waals surface area contributed by atoms with Crippen molar-refractivity contribution in [1.29, 1.82) is 0 Å². The highest BCUT2D eigenvalue weighted by Gasteiger charge is 2.25. The van der Waals surface area contributed by atoms with Gasteiger partial charge in [-0.1, -0.05) is 18.2 Å². The fourth-order valence-electron chi connectivity index (χ4n) is 4.30. The number of carbonyl (C=O) groups is 1. The van der Waals surface area contributed by atoms with Crippen LogP contribution in [0, 0.1) is 6.92 Å². The molecule has 2 aliphatic heterocycles. The van der Waals surface area contributed by atoms with Crippen LogP contribution >= 0.6 is 11.3 Å². The van der Waals surface area contributed by atoms with E-state index in [9.17, 15) is 4.79 Å². The second kappa shape index (κ2) is 8.67. The van der Waals surface area contributed by atoms with Crippen LogP contribution in [0.4, 0.5) is 11.8 Å². The van der Waals surface area contributed by atoms with Crippen LogP contribution in [0.1, 0.15) is 28.9 Å². The van der Waals surface area contributed by atoms with Crippen LogP contribution in [0.3, 0.4) is 0 Å². The zero-order chi connectivity index (χ0) is 21.2. The zero-order valence-electron chi connectivity index (χ0n) is 17.8. The number of nitrogens with zero attached hydrogens (tertiary/aromatic N) is 5. The van der Waals surface area contributed by atoms with Crippen molar-refractivity contribution in [3.63, 3.8) is 0 Å². The number of aromatic nitrogens is 2. The van der Waals surface area contributed by atoms with Crippen LogP contribution in [-0.2, 0) is 0 Å². The quantitative estimate of drug-likeness (QED) is 0.621. The molecule has 2 aromatic heterocycles. The number of benzene rings is 1. The minimum absolute atomic E-state index is 0.0975. The molecule has 2 saturated heterocycles. The van der Waals surface area contributed by atoms with E-state index in [1.807, 2.05) is 42.2 Å². The van der Waals surface area contributed by atoms with Crippen molar-refractivity contribution < 1.29 is 4.79 Å². The van der Waals surface area contributed by atoms with E-state index in [1.165, 1.54) is 17.7 Å². The molecule has 0 aliphatic carbocycles. The second-order valence-corrected chi connectivity index (χ2v) is 9.14. The molecule has 0 bridgehead atoms. The number of amides is 1. The van der Waals surface area contributed by atoms with Crippen LogP contribution in [0.25, 0.3) is 10.4 Å². The van der Waals surface area contributed by atoms with E-state index in [0.717, 1.165) is 54.8 Å². The number of hydrogen-bond acceptors (Lipinski definition) is 6. The summed E-state index contributed by atoms with van der Waals surface area (Å²) in [6.07, 6.45) is 2.46. The van der Waals surface area contributed by atoms with Gasteiger partial charge >= 0.3 is 0 Å². The van der Waals surface area contributed by atoms with Crippen molar-refractivity contribution in [3.8, 4) is 10.4 Å². The summed E-state index contributed by atoms with van der Waals surface area (Å²) in [7, 11) is 0. The minimum atomic E-state index is 0.0975. The molecule has 2 aliphatic rings. The molecule has 7 heteroatoms. The van der Waals surface area contributed by atoms with Gasteiger partial charge in [0.25, 0.3) is 5.91 Å². The van der Waals surface area contributed by atoms with Crippen LogP contribution in [-0.4, -0.2) is 60.0 Å². The Kier molecular flexibility index (Phi) is 5.59. The molecular weight excluding hydrogens is 406 g/mol. The lowest BCUT2D eigenvalue weighted by molar-refractivity contribution is 0.0746. The van der Waals surface area contributed by atoms with E-state index in [1.54, 1.807) is 11.3 Å². The fraction of sp³-hybridized carbons (Fsp3) is 0.375. The summed E-state index contributed by atoms with van der Waals surface area (Å²) < 4.78 is 0. The first-order chi connectivity index (χ1) is 15.2. The van der Waals surface area contributed by atoms with E-state index < -0.39 is 0 Å². The van der Waals surface area contributed by atoms with Gasteiger partial charge in [0.1, 0.15) is 5.82 Å². The number of piperazine rings is 1. The number of carbonyl (C=O) groups excluding carboxylic acids is 1. The second-order valence-electron chi connectivity index (χ2n) is 8.20. The third-order valence-corrected chi connectivity index (χ3v) is 6.97. The molecular formula is C24H27N5OS. The number of thiophene rings is 1. The molecule has 3 aromatic rings. The summed E-state index contributed by atoms with van der Waals surface area (Å²) in [5.41, 5.74) is 2.90. The summed E-state index contributed by atoms with van der Waals surface area (Å²) in [5, 5.41) is 2.07. The maximum absolute atomic E-state index is 13.0. The van der Waals surface area contributed by atoms with Crippen LogP contribution in [0.2, 0.25) is 0 Å². The number of rotatable bonds is 4. The fourth-order valence-corrected chi connectivity index (χ4v) is 5.03. The third kappa shape index (κ3) is 4.28. The predicted molar refractivity (Wildman–Crippen MR) is 126 cm³/mol. The predicted octanol–water partition coefficient (Wildman–Crippen LogP) is 4.08. The average Bonchev–Trinajstić information content (AvgIpc) is 3.53. The van der Waals surface area contributed by atoms with E-state index in [0.29, 0.717) is 13.1 Å². The molecule has 1 amide bonds. The molecule has 6 nitrogen and oxygen atoms in total. The maximum atomic E-state index is 13.0. The first-order valence-electron chi connectivity index (χ1n) is 11.0. The first kappa shape index (κ1) is 20.0. The third-order valence-electron chi connectivity index (χ3n) is 6.05. The number of anilines is 2. The molecule has 0 unspecified atom stereocenters. The topological polar surface area (TPSA) is 52.6 Å². The summed E-state index contributed by atoms with van der Waals surface area (Å²) in [6.45, 7) is 7.05. The van der Waals surface area contributed by atoms with Gasteiger partial charge in [-0.05, 0) is 48.9 Å². The van der Waals surface area contributed by atoms with Crippen molar-refractivity contribution >= 4 is 29.0 Å².